The Morgan fingerprint density at radius 1 is 1.32 bits per heavy atom. The third kappa shape index (κ3) is 4.37. The molecule has 2 N–H and O–H groups in total. The van der Waals surface area contributed by atoms with Crippen LogP contribution >= 0.6 is 0 Å². The summed E-state index contributed by atoms with van der Waals surface area (Å²) in [6, 6.07) is 7.57. The van der Waals surface area contributed by atoms with E-state index in [1.807, 2.05) is 0 Å². The zero-order valence-electron chi connectivity index (χ0n) is 12.3. The summed E-state index contributed by atoms with van der Waals surface area (Å²) >= 11 is 0. The van der Waals surface area contributed by atoms with Gasteiger partial charge in [0.25, 0.3) is 5.91 Å². The van der Waals surface area contributed by atoms with Crippen molar-refractivity contribution in [3.63, 3.8) is 0 Å². The van der Waals surface area contributed by atoms with Crippen molar-refractivity contribution in [2.75, 3.05) is 11.9 Å². The van der Waals surface area contributed by atoms with Crippen LogP contribution in [0.25, 0.3) is 0 Å². The van der Waals surface area contributed by atoms with Crippen LogP contribution in [-0.4, -0.2) is 22.4 Å². The van der Waals surface area contributed by atoms with Crippen LogP contribution < -0.4 is 10.6 Å². The minimum absolute atomic E-state index is 0.279. The van der Waals surface area contributed by atoms with Gasteiger partial charge >= 0.3 is 0 Å². The molecular formula is C16H17FN4O. The maximum absolute atomic E-state index is 12.8. The summed E-state index contributed by atoms with van der Waals surface area (Å²) in [6.45, 7) is 6.21. The molecule has 0 unspecified atom stereocenters. The second-order valence-corrected chi connectivity index (χ2v) is 4.70. The number of rotatable bonds is 6. The molecule has 0 aliphatic carbocycles. The van der Waals surface area contributed by atoms with Gasteiger partial charge in [-0.1, -0.05) is 18.2 Å². The van der Waals surface area contributed by atoms with Gasteiger partial charge in [-0.25, -0.2) is 14.4 Å². The molecule has 2 rings (SSSR count). The van der Waals surface area contributed by atoms with E-state index >= 15 is 0 Å². The second-order valence-electron chi connectivity index (χ2n) is 4.70. The summed E-state index contributed by atoms with van der Waals surface area (Å²) < 4.78 is 12.8. The molecule has 0 aliphatic heterocycles. The highest BCUT2D eigenvalue weighted by Crippen LogP contribution is 2.06. The van der Waals surface area contributed by atoms with Crippen LogP contribution in [-0.2, 0) is 6.54 Å². The van der Waals surface area contributed by atoms with Crippen molar-refractivity contribution in [2.45, 2.75) is 13.5 Å². The van der Waals surface area contributed by atoms with Crippen LogP contribution in [0.2, 0.25) is 0 Å². The summed E-state index contributed by atoms with van der Waals surface area (Å²) in [5, 5.41) is 5.69. The van der Waals surface area contributed by atoms with Crippen LogP contribution in [0.4, 0.5) is 10.3 Å². The highest BCUT2D eigenvalue weighted by Gasteiger charge is 2.10. The van der Waals surface area contributed by atoms with Crippen molar-refractivity contribution < 1.29 is 9.18 Å². The number of nitrogens with one attached hydrogen (secondary N) is 2. The topological polar surface area (TPSA) is 66.9 Å². The SMILES string of the molecule is C=CCNc1nc(C)cc(C(=O)NCc2ccc(F)cc2)n1. The van der Waals surface area contributed by atoms with Crippen LogP contribution in [0.3, 0.4) is 0 Å². The number of nitrogens with zero attached hydrogens (tertiary/aromatic N) is 2. The van der Waals surface area contributed by atoms with Gasteiger partial charge in [0, 0.05) is 18.8 Å². The molecule has 0 atom stereocenters. The van der Waals surface area contributed by atoms with Gasteiger partial charge in [-0.2, -0.15) is 0 Å². The maximum Gasteiger partial charge on any atom is 0.270 e. The van der Waals surface area contributed by atoms with E-state index in [4.69, 9.17) is 0 Å². The average Bonchev–Trinajstić information content (AvgIpc) is 2.51. The molecule has 0 saturated heterocycles. The van der Waals surface area contributed by atoms with Crippen LogP contribution in [0.5, 0.6) is 0 Å². The molecule has 1 heterocycles. The largest absolute Gasteiger partial charge is 0.351 e. The lowest BCUT2D eigenvalue weighted by Gasteiger charge is -2.08. The Morgan fingerprint density at radius 3 is 2.73 bits per heavy atom. The Kier molecular flexibility index (Phi) is 5.19. The lowest BCUT2D eigenvalue weighted by molar-refractivity contribution is 0.0945. The van der Waals surface area contributed by atoms with E-state index in [-0.39, 0.29) is 17.4 Å². The van der Waals surface area contributed by atoms with E-state index < -0.39 is 0 Å². The van der Waals surface area contributed by atoms with Crippen LogP contribution in [0, 0.1) is 12.7 Å². The Bertz CT molecular complexity index is 670. The van der Waals surface area contributed by atoms with Crippen molar-refractivity contribution in [3.8, 4) is 0 Å². The second kappa shape index (κ2) is 7.31. The fraction of sp³-hybridized carbons (Fsp3) is 0.188. The molecular weight excluding hydrogens is 283 g/mol. The van der Waals surface area contributed by atoms with E-state index in [2.05, 4.69) is 27.2 Å². The zero-order valence-corrected chi connectivity index (χ0v) is 12.3. The lowest BCUT2D eigenvalue weighted by atomic mass is 10.2. The molecule has 0 bridgehead atoms. The fourth-order valence-corrected chi connectivity index (χ4v) is 1.80. The molecule has 2 aromatic rings. The number of amides is 1. The quantitative estimate of drug-likeness (QED) is 0.804. The summed E-state index contributed by atoms with van der Waals surface area (Å²) in [4.78, 5) is 20.5. The number of carbonyl (C=O) groups excluding carboxylic acids is 1. The van der Waals surface area contributed by atoms with E-state index in [1.165, 1.54) is 12.1 Å². The normalized spacial score (nSPS) is 10.1. The van der Waals surface area contributed by atoms with E-state index in [0.717, 1.165) is 5.56 Å². The average molecular weight is 300 g/mol. The van der Waals surface area contributed by atoms with Crippen molar-refractivity contribution in [1.29, 1.82) is 0 Å². The molecule has 0 spiro atoms. The number of aryl methyl sites for hydroxylation is 1. The fourth-order valence-electron chi connectivity index (χ4n) is 1.80. The Labute approximate surface area is 128 Å². The minimum atomic E-state index is -0.309. The van der Waals surface area contributed by atoms with Crippen molar-refractivity contribution >= 4 is 11.9 Å². The first-order valence-corrected chi connectivity index (χ1v) is 6.81. The maximum atomic E-state index is 12.8. The van der Waals surface area contributed by atoms with Gasteiger partial charge in [0.1, 0.15) is 11.5 Å². The van der Waals surface area contributed by atoms with E-state index in [1.54, 1.807) is 31.2 Å². The van der Waals surface area contributed by atoms with Gasteiger partial charge in [0.05, 0.1) is 0 Å². The van der Waals surface area contributed by atoms with Crippen LogP contribution in [0.1, 0.15) is 21.7 Å². The molecule has 0 saturated carbocycles. The molecule has 22 heavy (non-hydrogen) atoms. The molecule has 5 nitrogen and oxygen atoms in total. The summed E-state index contributed by atoms with van der Waals surface area (Å²) in [5.74, 6) is -0.234. The van der Waals surface area contributed by atoms with Gasteiger partial charge in [0.15, 0.2) is 0 Å². The summed E-state index contributed by atoms with van der Waals surface area (Å²) in [5.41, 5.74) is 1.78. The highest BCUT2D eigenvalue weighted by molar-refractivity contribution is 5.92. The number of hydrogen-bond donors (Lipinski definition) is 2. The van der Waals surface area contributed by atoms with Gasteiger partial charge in [0.2, 0.25) is 5.95 Å². The zero-order chi connectivity index (χ0) is 15.9. The molecule has 6 heteroatoms. The van der Waals surface area contributed by atoms with Crippen molar-refractivity contribution in [1.82, 2.24) is 15.3 Å². The van der Waals surface area contributed by atoms with Gasteiger partial charge < -0.3 is 10.6 Å². The van der Waals surface area contributed by atoms with Gasteiger partial charge in [-0.05, 0) is 30.7 Å². The predicted molar refractivity (Wildman–Crippen MR) is 83.0 cm³/mol. The summed E-state index contributed by atoms with van der Waals surface area (Å²) in [6.07, 6.45) is 1.68. The predicted octanol–water partition coefficient (Wildman–Crippen LogP) is 2.45. The van der Waals surface area contributed by atoms with Gasteiger partial charge in [-0.15, -0.1) is 6.58 Å². The molecule has 0 fully saturated rings. The Morgan fingerprint density at radius 2 is 2.05 bits per heavy atom. The third-order valence-corrected chi connectivity index (χ3v) is 2.86. The first-order valence-electron chi connectivity index (χ1n) is 6.81. The van der Waals surface area contributed by atoms with Crippen molar-refractivity contribution in [2.24, 2.45) is 0 Å². The number of halogens is 1. The monoisotopic (exact) mass is 300 g/mol. The number of carbonyl (C=O) groups is 1. The Balaban J connectivity index is 2.03. The smallest absolute Gasteiger partial charge is 0.270 e. The number of hydrogen-bond acceptors (Lipinski definition) is 4. The molecule has 1 aromatic carbocycles. The number of benzene rings is 1. The standard InChI is InChI=1S/C16H17FN4O/c1-3-8-18-16-20-11(2)9-14(21-16)15(22)19-10-12-4-6-13(17)7-5-12/h3-7,9H,1,8,10H2,2H3,(H,19,22)(H,18,20,21). The Hall–Kier alpha value is -2.76. The minimum Gasteiger partial charge on any atom is -0.351 e. The van der Waals surface area contributed by atoms with E-state index in [0.29, 0.717) is 24.7 Å². The highest BCUT2D eigenvalue weighted by atomic mass is 19.1. The van der Waals surface area contributed by atoms with Crippen molar-refractivity contribution in [3.05, 3.63) is 65.8 Å². The molecule has 0 radical (unpaired) electrons. The molecule has 1 amide bonds. The van der Waals surface area contributed by atoms with Crippen LogP contribution in [0.15, 0.2) is 43.0 Å². The number of aromatic nitrogens is 2. The molecule has 114 valence electrons. The third-order valence-electron chi connectivity index (χ3n) is 2.86. The van der Waals surface area contributed by atoms with E-state index in [9.17, 15) is 9.18 Å². The molecule has 1 aromatic heterocycles. The summed E-state index contributed by atoms with van der Waals surface area (Å²) in [7, 11) is 0. The van der Waals surface area contributed by atoms with Gasteiger partial charge in [-0.3, -0.25) is 4.79 Å². The number of anilines is 1. The molecule has 0 aliphatic rings. The first kappa shape index (κ1) is 15.6. The first-order chi connectivity index (χ1) is 10.6. The lowest BCUT2D eigenvalue weighted by Crippen LogP contribution is -2.24.